The van der Waals surface area contributed by atoms with Gasteiger partial charge in [0, 0.05) is 10.5 Å². The van der Waals surface area contributed by atoms with Crippen molar-refractivity contribution in [3.8, 4) is 11.5 Å². The van der Waals surface area contributed by atoms with Gasteiger partial charge >= 0.3 is 0 Å². The van der Waals surface area contributed by atoms with Crippen LogP contribution in [0.4, 0.5) is 0 Å². The molecule has 0 radical (unpaired) electrons. The summed E-state index contributed by atoms with van der Waals surface area (Å²) < 4.78 is 6.70. The van der Waals surface area contributed by atoms with E-state index >= 15 is 0 Å². The molecule has 1 aromatic carbocycles. The first kappa shape index (κ1) is 13.1. The molecule has 0 aliphatic carbocycles. The van der Waals surface area contributed by atoms with Crippen molar-refractivity contribution in [2.45, 2.75) is 19.4 Å². The number of nitrogens with zero attached hydrogens (tertiary/aromatic N) is 1. The highest BCUT2D eigenvalue weighted by Gasteiger charge is 2.05. The first-order valence-corrected chi connectivity index (χ1v) is 6.63. The van der Waals surface area contributed by atoms with Crippen molar-refractivity contribution in [1.29, 1.82) is 0 Å². The Bertz CT molecular complexity index is 496. The molecule has 0 fully saturated rings. The maximum absolute atomic E-state index is 5.91. The van der Waals surface area contributed by atoms with E-state index in [2.05, 4.69) is 20.9 Å². The van der Waals surface area contributed by atoms with Crippen LogP contribution in [0.3, 0.4) is 0 Å². The Morgan fingerprint density at radius 3 is 2.39 bits per heavy atom. The second-order valence-electron chi connectivity index (χ2n) is 3.99. The van der Waals surface area contributed by atoms with Crippen LogP contribution in [0.1, 0.15) is 25.1 Å². The smallest absolute Gasteiger partial charge is 0.145 e. The fraction of sp³-hybridized carbons (Fsp3) is 0.214. The summed E-state index contributed by atoms with van der Waals surface area (Å²) in [6.07, 6.45) is 2.58. The van der Waals surface area contributed by atoms with Gasteiger partial charge in [-0.25, -0.2) is 0 Å². The van der Waals surface area contributed by atoms with Crippen LogP contribution in [0.5, 0.6) is 11.5 Å². The third-order valence-corrected chi connectivity index (χ3v) is 3.16. The predicted octanol–water partition coefficient (Wildman–Crippen LogP) is 4.05. The van der Waals surface area contributed by atoms with Crippen molar-refractivity contribution in [2.24, 2.45) is 5.73 Å². The molecule has 1 heterocycles. The van der Waals surface area contributed by atoms with Gasteiger partial charge in [-0.2, -0.15) is 0 Å². The summed E-state index contributed by atoms with van der Waals surface area (Å²) in [5.41, 5.74) is 6.79. The Kier molecular flexibility index (Phi) is 4.33. The van der Waals surface area contributed by atoms with Crippen LogP contribution < -0.4 is 10.5 Å². The fourth-order valence-corrected chi connectivity index (χ4v) is 1.78. The standard InChI is InChI=1S/C14H15BrN2O/c1-2-13(16)14-8-7-12(9-17-14)18-11-5-3-10(15)4-6-11/h3-9,13H,2,16H2,1H3/t13-/m1/s1. The third-order valence-electron chi connectivity index (χ3n) is 2.63. The van der Waals surface area contributed by atoms with E-state index in [-0.39, 0.29) is 6.04 Å². The number of hydrogen-bond acceptors (Lipinski definition) is 3. The van der Waals surface area contributed by atoms with E-state index in [4.69, 9.17) is 10.5 Å². The Morgan fingerprint density at radius 1 is 1.17 bits per heavy atom. The lowest BCUT2D eigenvalue weighted by atomic mass is 10.1. The lowest BCUT2D eigenvalue weighted by Crippen LogP contribution is -2.10. The Balaban J connectivity index is 2.08. The molecular formula is C14H15BrN2O. The Morgan fingerprint density at radius 2 is 1.83 bits per heavy atom. The van der Waals surface area contributed by atoms with Gasteiger partial charge in [0.1, 0.15) is 11.5 Å². The quantitative estimate of drug-likeness (QED) is 0.927. The fourth-order valence-electron chi connectivity index (χ4n) is 1.52. The van der Waals surface area contributed by atoms with Crippen LogP contribution in [0.15, 0.2) is 47.1 Å². The number of halogens is 1. The van der Waals surface area contributed by atoms with Crippen molar-refractivity contribution < 1.29 is 4.74 Å². The van der Waals surface area contributed by atoms with Crippen LogP contribution >= 0.6 is 15.9 Å². The molecule has 0 unspecified atom stereocenters. The minimum atomic E-state index is -0.00766. The van der Waals surface area contributed by atoms with Crippen molar-refractivity contribution in [2.75, 3.05) is 0 Å². The van der Waals surface area contributed by atoms with E-state index in [1.165, 1.54) is 0 Å². The summed E-state index contributed by atoms with van der Waals surface area (Å²) in [5, 5.41) is 0. The first-order valence-electron chi connectivity index (χ1n) is 5.84. The molecule has 0 aliphatic rings. The second kappa shape index (κ2) is 5.98. The summed E-state index contributed by atoms with van der Waals surface area (Å²) in [5.74, 6) is 1.50. The van der Waals surface area contributed by atoms with Crippen LogP contribution in [-0.4, -0.2) is 4.98 Å². The molecule has 94 valence electrons. The highest BCUT2D eigenvalue weighted by molar-refractivity contribution is 9.10. The number of aromatic nitrogens is 1. The minimum Gasteiger partial charge on any atom is -0.456 e. The average Bonchev–Trinajstić information content (AvgIpc) is 2.41. The zero-order valence-electron chi connectivity index (χ0n) is 10.1. The van der Waals surface area contributed by atoms with E-state index in [0.29, 0.717) is 5.75 Å². The monoisotopic (exact) mass is 306 g/mol. The van der Waals surface area contributed by atoms with Gasteiger partial charge in [-0.3, -0.25) is 4.98 Å². The van der Waals surface area contributed by atoms with Gasteiger partial charge in [-0.05, 0) is 42.8 Å². The number of ether oxygens (including phenoxy) is 1. The Labute approximate surface area is 115 Å². The molecule has 2 rings (SSSR count). The second-order valence-corrected chi connectivity index (χ2v) is 4.91. The van der Waals surface area contributed by atoms with Gasteiger partial charge in [0.2, 0.25) is 0 Å². The number of hydrogen-bond donors (Lipinski definition) is 1. The minimum absolute atomic E-state index is 0.00766. The largest absolute Gasteiger partial charge is 0.456 e. The molecule has 0 saturated carbocycles. The maximum Gasteiger partial charge on any atom is 0.145 e. The van der Waals surface area contributed by atoms with Crippen LogP contribution in [0.25, 0.3) is 0 Å². The number of benzene rings is 1. The molecule has 0 amide bonds. The molecule has 0 aliphatic heterocycles. The van der Waals surface area contributed by atoms with Crippen molar-refractivity contribution in [3.05, 3.63) is 52.8 Å². The lowest BCUT2D eigenvalue weighted by molar-refractivity contribution is 0.479. The number of nitrogens with two attached hydrogens (primary N) is 1. The third kappa shape index (κ3) is 3.31. The van der Waals surface area contributed by atoms with E-state index < -0.39 is 0 Å². The Hall–Kier alpha value is -1.39. The van der Waals surface area contributed by atoms with Crippen LogP contribution in [-0.2, 0) is 0 Å². The van der Waals surface area contributed by atoms with Gasteiger partial charge in [0.05, 0.1) is 11.9 Å². The molecule has 4 heteroatoms. The molecule has 2 N–H and O–H groups in total. The average molecular weight is 307 g/mol. The summed E-state index contributed by atoms with van der Waals surface area (Å²) in [6, 6.07) is 11.5. The van der Waals surface area contributed by atoms with Crippen molar-refractivity contribution >= 4 is 15.9 Å². The van der Waals surface area contributed by atoms with Crippen LogP contribution in [0, 0.1) is 0 Å². The van der Waals surface area contributed by atoms with Crippen molar-refractivity contribution in [3.63, 3.8) is 0 Å². The SMILES string of the molecule is CC[C@@H](N)c1ccc(Oc2ccc(Br)cc2)cn1. The predicted molar refractivity (Wildman–Crippen MR) is 75.7 cm³/mol. The zero-order chi connectivity index (χ0) is 13.0. The highest BCUT2D eigenvalue weighted by Crippen LogP contribution is 2.23. The topological polar surface area (TPSA) is 48.1 Å². The van der Waals surface area contributed by atoms with Crippen molar-refractivity contribution in [1.82, 2.24) is 4.98 Å². The summed E-state index contributed by atoms with van der Waals surface area (Å²) >= 11 is 3.38. The molecule has 1 aromatic heterocycles. The normalized spacial score (nSPS) is 12.2. The molecule has 0 spiro atoms. The summed E-state index contributed by atoms with van der Waals surface area (Å²) in [7, 11) is 0. The molecule has 18 heavy (non-hydrogen) atoms. The van der Waals surface area contributed by atoms with E-state index in [9.17, 15) is 0 Å². The number of rotatable bonds is 4. The van der Waals surface area contributed by atoms with E-state index in [1.54, 1.807) is 6.20 Å². The van der Waals surface area contributed by atoms with Crippen LogP contribution in [0.2, 0.25) is 0 Å². The molecule has 1 atom stereocenters. The van der Waals surface area contributed by atoms with E-state index in [1.807, 2.05) is 43.3 Å². The summed E-state index contributed by atoms with van der Waals surface area (Å²) in [6.45, 7) is 2.04. The van der Waals surface area contributed by atoms with Gasteiger partial charge in [-0.15, -0.1) is 0 Å². The summed E-state index contributed by atoms with van der Waals surface area (Å²) in [4.78, 5) is 4.30. The van der Waals surface area contributed by atoms with Gasteiger partial charge in [-0.1, -0.05) is 22.9 Å². The molecule has 0 saturated heterocycles. The van der Waals surface area contributed by atoms with Gasteiger partial charge in [0.25, 0.3) is 0 Å². The lowest BCUT2D eigenvalue weighted by Gasteiger charge is -2.09. The molecule has 3 nitrogen and oxygen atoms in total. The molecule has 2 aromatic rings. The van der Waals surface area contributed by atoms with Gasteiger partial charge < -0.3 is 10.5 Å². The maximum atomic E-state index is 5.91. The van der Waals surface area contributed by atoms with Gasteiger partial charge in [0.15, 0.2) is 0 Å². The number of pyridine rings is 1. The molecule has 0 bridgehead atoms. The van der Waals surface area contributed by atoms with E-state index in [0.717, 1.165) is 22.3 Å². The highest BCUT2D eigenvalue weighted by atomic mass is 79.9. The zero-order valence-corrected chi connectivity index (χ0v) is 11.7. The molecular weight excluding hydrogens is 292 g/mol. The first-order chi connectivity index (χ1) is 8.69.